The van der Waals surface area contributed by atoms with Crippen LogP contribution in [0, 0.1) is 25.7 Å². The van der Waals surface area contributed by atoms with Gasteiger partial charge in [0.15, 0.2) is 6.04 Å². The minimum atomic E-state index is -3.98. The molecule has 10 heteroatoms. The Labute approximate surface area is 237 Å². The molecule has 0 aliphatic carbocycles. The van der Waals surface area contributed by atoms with E-state index in [4.69, 9.17) is 10.3 Å². The molecule has 3 N–H and O–H groups in total. The molecule has 2 atom stereocenters. The van der Waals surface area contributed by atoms with E-state index in [-0.39, 0.29) is 39.6 Å². The van der Waals surface area contributed by atoms with E-state index < -0.39 is 22.0 Å². The number of nitrogens with one attached hydrogen (secondary N) is 1. The molecule has 0 radical (unpaired) electrons. The zero-order valence-electron chi connectivity index (χ0n) is 24.4. The summed E-state index contributed by atoms with van der Waals surface area (Å²) in [6, 6.07) is 13.4. The van der Waals surface area contributed by atoms with Crippen LogP contribution < -0.4 is 10.5 Å². The average Bonchev–Trinajstić information content (AvgIpc) is 3.18. The summed E-state index contributed by atoms with van der Waals surface area (Å²) in [7, 11) is -2.19. The monoisotopic (exact) mass is 569 g/mol. The maximum atomic E-state index is 13.5. The number of primary amides is 1. The molecule has 0 spiro atoms. The molecule has 0 aliphatic heterocycles. The molecule has 2 amide bonds. The number of likely N-dealkylation sites (N-methyl/N-ethyl adjacent to an activating group) is 1. The fourth-order valence-corrected chi connectivity index (χ4v) is 6.08. The van der Waals surface area contributed by atoms with Crippen molar-refractivity contribution in [3.05, 3.63) is 65.4 Å². The van der Waals surface area contributed by atoms with Crippen LogP contribution in [0.5, 0.6) is 0 Å². The molecule has 9 nitrogen and oxygen atoms in total. The van der Waals surface area contributed by atoms with Crippen LogP contribution in [0.1, 0.15) is 57.4 Å². The molecule has 2 aromatic carbocycles. The van der Waals surface area contributed by atoms with Gasteiger partial charge in [0.2, 0.25) is 5.88 Å². The molecule has 0 saturated carbocycles. The number of quaternary nitrogens is 1. The van der Waals surface area contributed by atoms with Gasteiger partial charge in [0, 0.05) is 23.1 Å². The first kappa shape index (κ1) is 31.0. The van der Waals surface area contributed by atoms with Gasteiger partial charge >= 0.3 is 5.91 Å². The van der Waals surface area contributed by atoms with Crippen molar-refractivity contribution in [1.29, 1.82) is 0 Å². The number of carbonyl (C=O) groups is 2. The predicted molar refractivity (Wildman–Crippen MR) is 155 cm³/mol. The molecule has 216 valence electrons. The van der Waals surface area contributed by atoms with Gasteiger partial charge in [-0.15, -0.1) is 0 Å². The van der Waals surface area contributed by atoms with Crippen molar-refractivity contribution in [3.63, 3.8) is 0 Å². The molecule has 3 aromatic rings. The number of hydrogen-bond donors (Lipinski definition) is 2. The summed E-state index contributed by atoms with van der Waals surface area (Å²) < 4.78 is 34.2. The topological polar surface area (TPSA) is 132 Å². The van der Waals surface area contributed by atoms with Crippen molar-refractivity contribution >= 4 is 27.7 Å². The molecule has 0 bridgehead atoms. The zero-order valence-corrected chi connectivity index (χ0v) is 25.2. The van der Waals surface area contributed by atoms with Crippen LogP contribution >= 0.6 is 0 Å². The largest absolute Gasteiger partial charge is 0.364 e. The van der Waals surface area contributed by atoms with Crippen LogP contribution in [0.4, 0.5) is 5.88 Å². The van der Waals surface area contributed by atoms with Gasteiger partial charge in [0.1, 0.15) is 6.54 Å². The normalized spacial score (nSPS) is 14.2. The second kappa shape index (κ2) is 12.3. The van der Waals surface area contributed by atoms with Crippen LogP contribution in [-0.2, 0) is 26.2 Å². The summed E-state index contributed by atoms with van der Waals surface area (Å²) in [4.78, 5) is 26.2. The molecule has 0 saturated heterocycles. The van der Waals surface area contributed by atoms with Crippen LogP contribution in [0.15, 0.2) is 57.9 Å². The Balaban J connectivity index is 1.96. The number of aryl methyl sites for hydroxylation is 1. The van der Waals surface area contributed by atoms with Crippen LogP contribution in [0.25, 0.3) is 11.1 Å². The van der Waals surface area contributed by atoms with E-state index in [2.05, 4.69) is 9.88 Å². The number of benzene rings is 2. The Hall–Kier alpha value is -3.50. The SMILES string of the molecule is Cc1noc(NS(=O)(=O)c2ccccc2-c2ccc(C[N+](C)(C(=O)CC(C)C)[C@@H](CC(C)C)C(N)=O)cc2)c1C. The molecule has 3 rings (SSSR count). The second-order valence-electron chi connectivity index (χ2n) is 11.5. The third-order valence-electron chi connectivity index (χ3n) is 7.20. The Kier molecular flexibility index (Phi) is 9.58. The molecule has 1 aromatic heterocycles. The number of amides is 2. The molecule has 1 heterocycles. The molecule has 1 unspecified atom stereocenters. The number of anilines is 1. The van der Waals surface area contributed by atoms with Crippen molar-refractivity contribution in [2.24, 2.45) is 17.6 Å². The van der Waals surface area contributed by atoms with E-state index in [1.165, 1.54) is 6.07 Å². The highest BCUT2D eigenvalue weighted by Gasteiger charge is 2.43. The third-order valence-corrected chi connectivity index (χ3v) is 8.59. The number of carbonyl (C=O) groups excluding carboxylic acids is 2. The van der Waals surface area contributed by atoms with Crippen molar-refractivity contribution in [3.8, 4) is 11.1 Å². The highest BCUT2D eigenvalue weighted by Crippen LogP contribution is 2.31. The molecular formula is C30H41N4O5S+. The second-order valence-corrected chi connectivity index (χ2v) is 13.1. The molecular weight excluding hydrogens is 528 g/mol. The minimum Gasteiger partial charge on any atom is -0.364 e. The maximum Gasteiger partial charge on any atom is 0.314 e. The van der Waals surface area contributed by atoms with Crippen LogP contribution in [-0.4, -0.2) is 43.0 Å². The van der Waals surface area contributed by atoms with Gasteiger partial charge in [0.05, 0.1) is 24.1 Å². The van der Waals surface area contributed by atoms with E-state index in [1.54, 1.807) is 39.1 Å². The number of rotatable bonds is 12. The maximum absolute atomic E-state index is 13.5. The number of nitrogens with zero attached hydrogens (tertiary/aromatic N) is 2. The third kappa shape index (κ3) is 6.98. The summed E-state index contributed by atoms with van der Waals surface area (Å²) in [5.41, 5.74) is 9.09. The Bertz CT molecular complexity index is 1460. The van der Waals surface area contributed by atoms with Gasteiger partial charge in [-0.2, -0.15) is 0 Å². The lowest BCUT2D eigenvalue weighted by molar-refractivity contribution is -0.865. The summed E-state index contributed by atoms with van der Waals surface area (Å²) in [5.74, 6) is -0.133. The lowest BCUT2D eigenvalue weighted by atomic mass is 9.96. The summed E-state index contributed by atoms with van der Waals surface area (Å²) >= 11 is 0. The first-order valence-electron chi connectivity index (χ1n) is 13.5. The quantitative estimate of drug-likeness (QED) is 0.289. The average molecular weight is 570 g/mol. The van der Waals surface area contributed by atoms with Crippen molar-refractivity contribution in [2.45, 2.75) is 71.9 Å². The van der Waals surface area contributed by atoms with Gasteiger partial charge in [0.25, 0.3) is 15.9 Å². The zero-order chi connectivity index (χ0) is 29.8. The smallest absolute Gasteiger partial charge is 0.314 e. The van der Waals surface area contributed by atoms with Crippen molar-refractivity contribution < 1.29 is 27.0 Å². The molecule has 0 fully saturated rings. The van der Waals surface area contributed by atoms with Crippen LogP contribution in [0.2, 0.25) is 0 Å². The molecule has 40 heavy (non-hydrogen) atoms. The van der Waals surface area contributed by atoms with Gasteiger partial charge < -0.3 is 10.3 Å². The first-order chi connectivity index (χ1) is 18.7. The van der Waals surface area contributed by atoms with E-state index in [0.29, 0.717) is 35.2 Å². The van der Waals surface area contributed by atoms with Gasteiger partial charge in [-0.05, 0) is 37.3 Å². The number of nitrogens with two attached hydrogens (primary N) is 1. The standard InChI is InChI=1S/C30H40N4O5S/c1-19(2)16-26(29(31)36)34(7,28(35)17-20(3)4)18-23-12-14-24(15-13-23)25-10-8-9-11-27(25)40(37,38)33-30-21(5)22(6)32-39-30/h8-15,19-20,26H,16-18H2,1-7H3,(H2-,31,32,33,36)/p+1/t26-,34?/m0/s1. The van der Waals surface area contributed by atoms with Crippen LogP contribution in [0.3, 0.4) is 0 Å². The van der Waals surface area contributed by atoms with Gasteiger partial charge in [-0.1, -0.05) is 75.3 Å². The lowest BCUT2D eigenvalue weighted by Crippen LogP contribution is -2.61. The lowest BCUT2D eigenvalue weighted by Gasteiger charge is -2.39. The highest BCUT2D eigenvalue weighted by atomic mass is 32.2. The number of sulfonamides is 1. The van der Waals surface area contributed by atoms with Crippen molar-refractivity contribution in [1.82, 2.24) is 5.16 Å². The Morgan fingerprint density at radius 1 is 1.00 bits per heavy atom. The fraction of sp³-hybridized carbons (Fsp3) is 0.433. The van der Waals surface area contributed by atoms with E-state index >= 15 is 0 Å². The van der Waals surface area contributed by atoms with Gasteiger partial charge in [-0.25, -0.2) is 22.4 Å². The van der Waals surface area contributed by atoms with Gasteiger partial charge in [-0.3, -0.25) is 4.79 Å². The number of aromatic nitrogens is 1. The Morgan fingerprint density at radius 2 is 1.62 bits per heavy atom. The minimum absolute atomic E-state index is 0.0380. The fourth-order valence-electron chi connectivity index (χ4n) is 4.80. The summed E-state index contributed by atoms with van der Waals surface area (Å²) in [6.07, 6.45) is 0.828. The van der Waals surface area contributed by atoms with E-state index in [1.807, 2.05) is 52.0 Å². The van der Waals surface area contributed by atoms with E-state index in [0.717, 1.165) is 5.56 Å². The Morgan fingerprint density at radius 3 is 2.15 bits per heavy atom. The summed E-state index contributed by atoms with van der Waals surface area (Å²) in [6.45, 7) is 11.7. The number of hydrogen-bond acceptors (Lipinski definition) is 6. The van der Waals surface area contributed by atoms with Crippen molar-refractivity contribution in [2.75, 3.05) is 11.8 Å². The van der Waals surface area contributed by atoms with E-state index in [9.17, 15) is 18.0 Å². The summed E-state index contributed by atoms with van der Waals surface area (Å²) in [5, 5.41) is 3.82. The molecule has 0 aliphatic rings. The predicted octanol–water partition coefficient (Wildman–Crippen LogP) is 5.18. The highest BCUT2D eigenvalue weighted by molar-refractivity contribution is 7.92. The first-order valence-corrected chi connectivity index (χ1v) is 15.0.